The van der Waals surface area contributed by atoms with Gasteiger partial charge in [0.1, 0.15) is 17.9 Å². The number of rotatable bonds is 6. The summed E-state index contributed by atoms with van der Waals surface area (Å²) in [5.41, 5.74) is 3.05. The predicted molar refractivity (Wildman–Crippen MR) is 114 cm³/mol. The van der Waals surface area contributed by atoms with Crippen molar-refractivity contribution in [3.8, 4) is 17.3 Å². The van der Waals surface area contributed by atoms with Crippen LogP contribution in [0.15, 0.2) is 77.6 Å². The largest absolute Gasteiger partial charge is 0.474 e. The van der Waals surface area contributed by atoms with Gasteiger partial charge in [0.25, 0.3) is 0 Å². The van der Waals surface area contributed by atoms with Crippen LogP contribution >= 0.6 is 0 Å². The third-order valence-electron chi connectivity index (χ3n) is 4.88. The molecule has 0 fully saturated rings. The Kier molecular flexibility index (Phi) is 4.80. The molecule has 31 heavy (non-hydrogen) atoms. The minimum absolute atomic E-state index is 0.150. The topological polar surface area (TPSA) is 94.5 Å². The number of hydrogen-bond donors (Lipinski definition) is 1. The normalized spacial score (nSPS) is 12.2. The Hall–Kier alpha value is -4.20. The number of nitrogens with one attached hydrogen (secondary N) is 1. The number of carbonyl (C=O) groups is 1. The summed E-state index contributed by atoms with van der Waals surface area (Å²) in [6.07, 6.45) is 5.11. The lowest BCUT2D eigenvalue weighted by Crippen LogP contribution is -2.30. The first-order valence-corrected chi connectivity index (χ1v) is 9.81. The van der Waals surface area contributed by atoms with Crippen LogP contribution in [-0.2, 0) is 4.79 Å². The molecule has 0 bridgehead atoms. The number of amides is 1. The number of pyridine rings is 1. The number of ether oxygens (including phenoxy) is 1. The van der Waals surface area contributed by atoms with E-state index < -0.39 is 0 Å². The van der Waals surface area contributed by atoms with E-state index in [-0.39, 0.29) is 18.6 Å². The summed E-state index contributed by atoms with van der Waals surface area (Å²) >= 11 is 0. The van der Waals surface area contributed by atoms with Gasteiger partial charge in [-0.2, -0.15) is 0 Å². The van der Waals surface area contributed by atoms with Crippen molar-refractivity contribution in [3.63, 3.8) is 0 Å². The highest BCUT2D eigenvalue weighted by atomic mass is 16.5. The van der Waals surface area contributed by atoms with Gasteiger partial charge in [-0.15, -0.1) is 5.10 Å². The van der Waals surface area contributed by atoms with Crippen LogP contribution in [0.4, 0.5) is 0 Å². The molecule has 5 rings (SSSR count). The summed E-state index contributed by atoms with van der Waals surface area (Å²) in [7, 11) is 0. The van der Waals surface area contributed by atoms with Gasteiger partial charge in [-0.3, -0.25) is 9.78 Å². The summed E-state index contributed by atoms with van der Waals surface area (Å²) in [5, 5.41) is 8.46. The lowest BCUT2D eigenvalue weighted by Gasteiger charge is -2.18. The number of para-hydroxylation sites is 1. The number of benzene rings is 1. The van der Waals surface area contributed by atoms with E-state index in [1.807, 2.05) is 48.5 Å². The Labute approximate surface area is 177 Å². The average molecular weight is 413 g/mol. The van der Waals surface area contributed by atoms with Crippen LogP contribution in [0.5, 0.6) is 5.88 Å². The molecule has 154 valence electrons. The third-order valence-corrected chi connectivity index (χ3v) is 4.88. The Balaban J connectivity index is 1.43. The molecule has 1 aromatic carbocycles. The van der Waals surface area contributed by atoms with Gasteiger partial charge in [0, 0.05) is 30.8 Å². The van der Waals surface area contributed by atoms with Crippen LogP contribution in [0, 0.1) is 0 Å². The SMILES string of the molecule is CC(=O)NC(COc1ccc2ncc(-c3cc4ccccc4o3)n2n1)c1cccnc1. The van der Waals surface area contributed by atoms with Crippen molar-refractivity contribution in [2.45, 2.75) is 13.0 Å². The molecule has 1 amide bonds. The van der Waals surface area contributed by atoms with Crippen LogP contribution in [0.2, 0.25) is 0 Å². The number of fused-ring (bicyclic) bond motifs is 2. The lowest BCUT2D eigenvalue weighted by atomic mass is 10.1. The summed E-state index contributed by atoms with van der Waals surface area (Å²) in [5.74, 6) is 0.926. The van der Waals surface area contributed by atoms with E-state index in [1.54, 1.807) is 29.2 Å². The molecule has 8 nitrogen and oxygen atoms in total. The molecule has 0 saturated carbocycles. The van der Waals surface area contributed by atoms with Crippen molar-refractivity contribution >= 4 is 22.5 Å². The van der Waals surface area contributed by atoms with Gasteiger partial charge in [-0.1, -0.05) is 24.3 Å². The second kappa shape index (κ2) is 7.91. The van der Waals surface area contributed by atoms with E-state index in [1.165, 1.54) is 6.92 Å². The van der Waals surface area contributed by atoms with E-state index in [0.717, 1.165) is 22.2 Å². The van der Waals surface area contributed by atoms with Gasteiger partial charge in [-0.05, 0) is 29.8 Å². The van der Waals surface area contributed by atoms with E-state index in [0.29, 0.717) is 17.3 Å². The van der Waals surface area contributed by atoms with Crippen molar-refractivity contribution in [1.82, 2.24) is 24.9 Å². The zero-order valence-electron chi connectivity index (χ0n) is 16.7. The molecule has 0 aliphatic rings. The molecule has 4 aromatic heterocycles. The lowest BCUT2D eigenvalue weighted by molar-refractivity contribution is -0.119. The van der Waals surface area contributed by atoms with Gasteiger partial charge in [0.15, 0.2) is 11.4 Å². The smallest absolute Gasteiger partial charge is 0.231 e. The van der Waals surface area contributed by atoms with E-state index in [2.05, 4.69) is 20.4 Å². The van der Waals surface area contributed by atoms with Crippen LogP contribution in [-0.4, -0.2) is 32.1 Å². The van der Waals surface area contributed by atoms with Gasteiger partial charge >= 0.3 is 0 Å². The summed E-state index contributed by atoms with van der Waals surface area (Å²) in [6.45, 7) is 1.68. The van der Waals surface area contributed by atoms with Crippen molar-refractivity contribution in [2.75, 3.05) is 6.61 Å². The molecule has 4 heterocycles. The Morgan fingerprint density at radius 2 is 2.06 bits per heavy atom. The Bertz CT molecular complexity index is 1330. The number of aromatic nitrogens is 4. The zero-order valence-corrected chi connectivity index (χ0v) is 16.7. The summed E-state index contributed by atoms with van der Waals surface area (Å²) < 4.78 is 13.6. The van der Waals surface area contributed by atoms with E-state index >= 15 is 0 Å². The number of imidazole rings is 1. The predicted octanol–water partition coefficient (Wildman–Crippen LogP) is 3.79. The maximum atomic E-state index is 11.6. The van der Waals surface area contributed by atoms with E-state index in [9.17, 15) is 4.79 Å². The first-order valence-electron chi connectivity index (χ1n) is 9.81. The summed E-state index contributed by atoms with van der Waals surface area (Å²) in [4.78, 5) is 20.2. The molecule has 0 aliphatic carbocycles. The molecule has 0 spiro atoms. The minimum atomic E-state index is -0.346. The standard InChI is InChI=1S/C23H19N5O3/c1-15(29)26-18(17-6-4-10-24-12-17)14-30-23-9-8-22-25-13-19(28(22)27-23)21-11-16-5-2-3-7-20(16)31-21/h2-13,18H,14H2,1H3,(H,26,29). The highest BCUT2D eigenvalue weighted by molar-refractivity contribution is 5.82. The van der Waals surface area contributed by atoms with Crippen molar-refractivity contribution in [2.24, 2.45) is 0 Å². The fourth-order valence-corrected chi connectivity index (χ4v) is 3.43. The molecule has 0 saturated heterocycles. The van der Waals surface area contributed by atoms with Crippen LogP contribution in [0.1, 0.15) is 18.5 Å². The van der Waals surface area contributed by atoms with Gasteiger partial charge in [0.2, 0.25) is 11.8 Å². The van der Waals surface area contributed by atoms with Crippen LogP contribution < -0.4 is 10.1 Å². The molecule has 1 N–H and O–H groups in total. The maximum Gasteiger partial charge on any atom is 0.231 e. The monoisotopic (exact) mass is 413 g/mol. The fourth-order valence-electron chi connectivity index (χ4n) is 3.43. The number of furan rings is 1. The van der Waals surface area contributed by atoms with E-state index in [4.69, 9.17) is 9.15 Å². The third kappa shape index (κ3) is 3.83. The van der Waals surface area contributed by atoms with Crippen LogP contribution in [0.3, 0.4) is 0 Å². The zero-order chi connectivity index (χ0) is 21.2. The second-order valence-electron chi connectivity index (χ2n) is 7.08. The molecular formula is C23H19N5O3. The quantitative estimate of drug-likeness (QED) is 0.455. The highest BCUT2D eigenvalue weighted by Crippen LogP contribution is 2.28. The van der Waals surface area contributed by atoms with Gasteiger partial charge in [-0.25, -0.2) is 9.50 Å². The molecular weight excluding hydrogens is 394 g/mol. The van der Waals surface area contributed by atoms with Crippen LogP contribution in [0.25, 0.3) is 28.1 Å². The first-order chi connectivity index (χ1) is 15.2. The summed E-state index contributed by atoms with van der Waals surface area (Å²) in [6, 6.07) is 16.7. The Morgan fingerprint density at radius 3 is 2.87 bits per heavy atom. The molecule has 1 unspecified atom stereocenters. The number of carbonyl (C=O) groups excluding carboxylic acids is 1. The van der Waals surface area contributed by atoms with Crippen molar-refractivity contribution in [1.29, 1.82) is 0 Å². The number of nitrogens with zero attached hydrogens (tertiary/aromatic N) is 4. The minimum Gasteiger partial charge on any atom is -0.474 e. The molecule has 5 aromatic rings. The molecule has 1 atom stereocenters. The second-order valence-corrected chi connectivity index (χ2v) is 7.08. The van der Waals surface area contributed by atoms with Gasteiger partial charge < -0.3 is 14.5 Å². The first kappa shape index (κ1) is 18.8. The molecule has 8 heteroatoms. The average Bonchev–Trinajstić information content (AvgIpc) is 3.40. The molecule has 0 radical (unpaired) electrons. The van der Waals surface area contributed by atoms with Crippen molar-refractivity contribution in [3.05, 3.63) is 78.8 Å². The number of hydrogen-bond acceptors (Lipinski definition) is 6. The fraction of sp³-hybridized carbons (Fsp3) is 0.130. The Morgan fingerprint density at radius 1 is 1.16 bits per heavy atom. The molecule has 0 aliphatic heterocycles. The van der Waals surface area contributed by atoms with Crippen molar-refractivity contribution < 1.29 is 13.9 Å². The highest BCUT2D eigenvalue weighted by Gasteiger charge is 2.16. The van der Waals surface area contributed by atoms with Gasteiger partial charge in [0.05, 0.1) is 12.2 Å². The maximum absolute atomic E-state index is 11.6.